The highest BCUT2D eigenvalue weighted by molar-refractivity contribution is 5.76. The van der Waals surface area contributed by atoms with Crippen LogP contribution >= 0.6 is 0 Å². The molecule has 2 rings (SSSR count). The third-order valence-electron chi connectivity index (χ3n) is 3.13. The number of amides is 1. The fraction of sp³-hybridized carbons (Fsp3) is 0.500. The predicted octanol–water partition coefficient (Wildman–Crippen LogP) is 0.871. The first kappa shape index (κ1) is 11.7. The molecule has 2 heterocycles. The summed E-state index contributed by atoms with van der Waals surface area (Å²) in [5.74, 6) is 0.0972. The minimum Gasteiger partial charge on any atom is -0.396 e. The smallest absolute Gasteiger partial charge is 0.244 e. The zero-order chi connectivity index (χ0) is 12.4. The van der Waals surface area contributed by atoms with Gasteiger partial charge in [0.1, 0.15) is 6.54 Å². The summed E-state index contributed by atoms with van der Waals surface area (Å²) in [5, 5.41) is 4.27. The fourth-order valence-corrected chi connectivity index (χ4v) is 1.96. The van der Waals surface area contributed by atoms with Gasteiger partial charge in [0.15, 0.2) is 0 Å². The summed E-state index contributed by atoms with van der Waals surface area (Å²) in [5.41, 5.74) is 8.16. The van der Waals surface area contributed by atoms with Gasteiger partial charge in [0.2, 0.25) is 5.91 Å². The second kappa shape index (κ2) is 4.61. The standard InChI is InChI=1S/C12H18N4O/c1-9-12(13)10(2)16(14-9)8-11(17)15-6-4-3-5-7-15/h3-4H,5-8,13H2,1-2H3. The summed E-state index contributed by atoms with van der Waals surface area (Å²) in [4.78, 5) is 13.9. The highest BCUT2D eigenvalue weighted by Crippen LogP contribution is 2.15. The van der Waals surface area contributed by atoms with E-state index in [1.165, 1.54) is 0 Å². The van der Waals surface area contributed by atoms with Crippen molar-refractivity contribution in [3.63, 3.8) is 0 Å². The Hall–Kier alpha value is -1.78. The Morgan fingerprint density at radius 3 is 2.76 bits per heavy atom. The largest absolute Gasteiger partial charge is 0.396 e. The zero-order valence-electron chi connectivity index (χ0n) is 10.3. The molecule has 0 bridgehead atoms. The number of hydrogen-bond donors (Lipinski definition) is 1. The van der Waals surface area contributed by atoms with Crippen LogP contribution in [-0.4, -0.2) is 33.7 Å². The minimum atomic E-state index is 0.0972. The van der Waals surface area contributed by atoms with Crippen LogP contribution in [0.15, 0.2) is 12.2 Å². The van der Waals surface area contributed by atoms with E-state index in [0.29, 0.717) is 12.2 Å². The van der Waals surface area contributed by atoms with E-state index < -0.39 is 0 Å². The van der Waals surface area contributed by atoms with Crippen LogP contribution in [0.25, 0.3) is 0 Å². The van der Waals surface area contributed by atoms with E-state index in [9.17, 15) is 4.79 Å². The normalized spacial score (nSPS) is 15.3. The molecule has 0 unspecified atom stereocenters. The van der Waals surface area contributed by atoms with Gasteiger partial charge in [-0.25, -0.2) is 0 Å². The second-order valence-corrected chi connectivity index (χ2v) is 4.34. The van der Waals surface area contributed by atoms with E-state index in [1.54, 1.807) is 4.68 Å². The van der Waals surface area contributed by atoms with Crippen LogP contribution in [0.1, 0.15) is 17.8 Å². The number of carbonyl (C=O) groups excluding carboxylic acids is 1. The molecule has 0 radical (unpaired) electrons. The van der Waals surface area contributed by atoms with Gasteiger partial charge >= 0.3 is 0 Å². The van der Waals surface area contributed by atoms with E-state index >= 15 is 0 Å². The quantitative estimate of drug-likeness (QED) is 0.772. The molecule has 0 aromatic carbocycles. The monoisotopic (exact) mass is 234 g/mol. The average Bonchev–Trinajstić information content (AvgIpc) is 2.58. The van der Waals surface area contributed by atoms with E-state index in [-0.39, 0.29) is 12.5 Å². The lowest BCUT2D eigenvalue weighted by atomic mass is 10.2. The summed E-state index contributed by atoms with van der Waals surface area (Å²) in [6.07, 6.45) is 5.06. The lowest BCUT2D eigenvalue weighted by molar-refractivity contribution is -0.131. The number of hydrogen-bond acceptors (Lipinski definition) is 3. The lowest BCUT2D eigenvalue weighted by Gasteiger charge is -2.23. The van der Waals surface area contributed by atoms with Crippen molar-refractivity contribution < 1.29 is 4.79 Å². The molecule has 5 nitrogen and oxygen atoms in total. The van der Waals surface area contributed by atoms with Gasteiger partial charge in [-0.3, -0.25) is 9.48 Å². The van der Waals surface area contributed by atoms with Gasteiger partial charge in [-0.15, -0.1) is 0 Å². The Morgan fingerprint density at radius 2 is 2.24 bits per heavy atom. The molecule has 1 aromatic rings. The zero-order valence-corrected chi connectivity index (χ0v) is 10.3. The molecular weight excluding hydrogens is 216 g/mol. The molecule has 1 aliphatic heterocycles. The average molecular weight is 234 g/mol. The first-order valence-electron chi connectivity index (χ1n) is 5.82. The Balaban J connectivity index is 2.07. The van der Waals surface area contributed by atoms with Crippen LogP contribution in [0.4, 0.5) is 5.69 Å². The third kappa shape index (κ3) is 2.33. The Labute approximate surface area is 101 Å². The number of rotatable bonds is 2. The van der Waals surface area contributed by atoms with Crippen molar-refractivity contribution in [1.82, 2.24) is 14.7 Å². The Bertz CT molecular complexity index is 461. The van der Waals surface area contributed by atoms with Crippen LogP contribution < -0.4 is 5.73 Å². The van der Waals surface area contributed by atoms with Gasteiger partial charge in [-0.1, -0.05) is 12.2 Å². The number of aromatic nitrogens is 2. The second-order valence-electron chi connectivity index (χ2n) is 4.34. The molecule has 17 heavy (non-hydrogen) atoms. The fourth-order valence-electron chi connectivity index (χ4n) is 1.96. The maximum absolute atomic E-state index is 12.0. The maximum Gasteiger partial charge on any atom is 0.244 e. The van der Waals surface area contributed by atoms with E-state index in [2.05, 4.69) is 11.2 Å². The van der Waals surface area contributed by atoms with Crippen molar-refractivity contribution in [3.8, 4) is 0 Å². The Kier molecular flexibility index (Phi) is 3.17. The molecule has 1 aromatic heterocycles. The van der Waals surface area contributed by atoms with Crippen LogP contribution in [0.3, 0.4) is 0 Å². The van der Waals surface area contributed by atoms with Crippen LogP contribution in [0, 0.1) is 13.8 Å². The molecule has 0 fully saturated rings. The molecule has 0 spiro atoms. The van der Waals surface area contributed by atoms with Crippen molar-refractivity contribution >= 4 is 11.6 Å². The Morgan fingerprint density at radius 1 is 1.47 bits per heavy atom. The number of carbonyl (C=O) groups is 1. The number of aryl methyl sites for hydroxylation is 1. The number of nitrogens with zero attached hydrogens (tertiary/aromatic N) is 3. The van der Waals surface area contributed by atoms with Gasteiger partial charge in [-0.05, 0) is 20.3 Å². The summed E-state index contributed by atoms with van der Waals surface area (Å²) in [6.45, 7) is 5.51. The number of anilines is 1. The van der Waals surface area contributed by atoms with E-state index in [1.807, 2.05) is 24.8 Å². The highest BCUT2D eigenvalue weighted by Gasteiger charge is 2.17. The topological polar surface area (TPSA) is 64.2 Å². The SMILES string of the molecule is Cc1nn(CC(=O)N2CC=CCC2)c(C)c1N. The highest BCUT2D eigenvalue weighted by atomic mass is 16.2. The maximum atomic E-state index is 12.0. The summed E-state index contributed by atoms with van der Waals surface area (Å²) < 4.78 is 1.69. The van der Waals surface area contributed by atoms with Crippen LogP contribution in [-0.2, 0) is 11.3 Å². The van der Waals surface area contributed by atoms with Crippen molar-refractivity contribution in [3.05, 3.63) is 23.5 Å². The molecule has 0 atom stereocenters. The molecule has 0 saturated carbocycles. The van der Waals surface area contributed by atoms with Gasteiger partial charge in [0.05, 0.1) is 17.1 Å². The molecule has 92 valence electrons. The molecule has 1 aliphatic rings. The molecule has 1 amide bonds. The van der Waals surface area contributed by atoms with Gasteiger partial charge in [0, 0.05) is 13.1 Å². The number of nitrogens with two attached hydrogens (primary N) is 1. The van der Waals surface area contributed by atoms with E-state index in [4.69, 9.17) is 5.73 Å². The van der Waals surface area contributed by atoms with E-state index in [0.717, 1.165) is 24.4 Å². The van der Waals surface area contributed by atoms with Crippen molar-refractivity contribution in [2.75, 3.05) is 18.8 Å². The lowest BCUT2D eigenvalue weighted by Crippen LogP contribution is -2.36. The third-order valence-corrected chi connectivity index (χ3v) is 3.13. The first-order valence-corrected chi connectivity index (χ1v) is 5.82. The molecule has 0 saturated heterocycles. The van der Waals surface area contributed by atoms with Crippen LogP contribution in [0.5, 0.6) is 0 Å². The van der Waals surface area contributed by atoms with Crippen molar-refractivity contribution in [1.29, 1.82) is 0 Å². The molecular formula is C12H18N4O. The molecule has 2 N–H and O–H groups in total. The first-order chi connectivity index (χ1) is 8.09. The minimum absolute atomic E-state index is 0.0972. The van der Waals surface area contributed by atoms with Crippen molar-refractivity contribution in [2.24, 2.45) is 0 Å². The van der Waals surface area contributed by atoms with Crippen LogP contribution in [0.2, 0.25) is 0 Å². The summed E-state index contributed by atoms with van der Waals surface area (Å²) in [7, 11) is 0. The summed E-state index contributed by atoms with van der Waals surface area (Å²) >= 11 is 0. The summed E-state index contributed by atoms with van der Waals surface area (Å²) in [6, 6.07) is 0. The molecule has 0 aliphatic carbocycles. The van der Waals surface area contributed by atoms with Gasteiger partial charge in [0.25, 0.3) is 0 Å². The predicted molar refractivity (Wildman–Crippen MR) is 66.5 cm³/mol. The molecule has 5 heteroatoms. The van der Waals surface area contributed by atoms with Gasteiger partial charge in [-0.2, -0.15) is 5.10 Å². The van der Waals surface area contributed by atoms with Crippen molar-refractivity contribution in [2.45, 2.75) is 26.8 Å². The number of nitrogen functional groups attached to an aromatic ring is 1. The van der Waals surface area contributed by atoms with Gasteiger partial charge < -0.3 is 10.6 Å².